The summed E-state index contributed by atoms with van der Waals surface area (Å²) >= 11 is 0. The number of aliphatic hydroxyl groups is 1. The van der Waals surface area contributed by atoms with Gasteiger partial charge in [-0.15, -0.1) is 0 Å². The van der Waals surface area contributed by atoms with Crippen molar-refractivity contribution in [3.63, 3.8) is 0 Å². The molecule has 7 nitrogen and oxygen atoms in total. The maximum absolute atomic E-state index is 12.4. The van der Waals surface area contributed by atoms with E-state index in [-0.39, 0.29) is 19.2 Å². The predicted octanol–water partition coefficient (Wildman–Crippen LogP) is 3.41. The van der Waals surface area contributed by atoms with Gasteiger partial charge in [0, 0.05) is 25.3 Å². The molecule has 0 spiro atoms. The van der Waals surface area contributed by atoms with Crippen LogP contribution in [-0.2, 0) is 4.74 Å². The summed E-state index contributed by atoms with van der Waals surface area (Å²) in [6.45, 7) is 0.995. The minimum absolute atomic E-state index is 0.157. The zero-order chi connectivity index (χ0) is 22.1. The highest BCUT2D eigenvalue weighted by Crippen LogP contribution is 2.32. The van der Waals surface area contributed by atoms with Crippen LogP contribution in [0.15, 0.2) is 48.5 Å². The zero-order valence-electron chi connectivity index (χ0n) is 18.1. The van der Waals surface area contributed by atoms with Crippen molar-refractivity contribution in [2.24, 2.45) is 5.92 Å². The van der Waals surface area contributed by atoms with Gasteiger partial charge in [-0.25, -0.2) is 0 Å². The van der Waals surface area contributed by atoms with Crippen LogP contribution in [0, 0.1) is 5.92 Å². The van der Waals surface area contributed by atoms with E-state index in [4.69, 9.17) is 18.9 Å². The summed E-state index contributed by atoms with van der Waals surface area (Å²) in [6, 6.07) is 14.4. The Balaban J connectivity index is 1.41. The lowest BCUT2D eigenvalue weighted by atomic mass is 9.79. The van der Waals surface area contributed by atoms with Gasteiger partial charge in [-0.1, -0.05) is 6.07 Å². The van der Waals surface area contributed by atoms with Crippen molar-refractivity contribution in [3.8, 4) is 17.2 Å². The van der Waals surface area contributed by atoms with Crippen LogP contribution in [0.1, 0.15) is 36.0 Å². The van der Waals surface area contributed by atoms with E-state index in [0.29, 0.717) is 36.7 Å². The molecule has 2 aromatic carbocycles. The Kier molecular flexibility index (Phi) is 8.14. The molecule has 0 atom stereocenters. The number of hydrogen-bond acceptors (Lipinski definition) is 6. The summed E-state index contributed by atoms with van der Waals surface area (Å²) in [4.78, 5) is 12.4. The molecular weight excluding hydrogens is 398 g/mol. The number of nitrogens with one attached hydrogen (secondary N) is 1. The molecule has 0 radical (unpaired) electrons. The lowest BCUT2D eigenvalue weighted by Gasteiger charge is -2.36. The average Bonchev–Trinajstić information content (AvgIpc) is 2.81. The Morgan fingerprint density at radius 1 is 1.03 bits per heavy atom. The Hall–Kier alpha value is -2.77. The molecule has 0 bridgehead atoms. The lowest BCUT2D eigenvalue weighted by molar-refractivity contribution is -0.0129. The number of ether oxygens (including phenoxy) is 4. The Morgan fingerprint density at radius 3 is 2.42 bits per heavy atom. The molecule has 1 amide bonds. The number of carbonyl (C=O) groups is 1. The van der Waals surface area contributed by atoms with E-state index in [1.165, 1.54) is 0 Å². The van der Waals surface area contributed by atoms with E-state index in [0.717, 1.165) is 24.3 Å². The SMILES string of the molecule is COCOc1ccc(C(=O)NCC2(O)CCC(COc3cccc(OC)c3)CC2)cc1. The first-order valence-corrected chi connectivity index (χ1v) is 10.5. The van der Waals surface area contributed by atoms with Gasteiger partial charge in [-0.05, 0) is 68.0 Å². The monoisotopic (exact) mass is 429 g/mol. The third-order valence-electron chi connectivity index (χ3n) is 5.60. The molecule has 1 aliphatic carbocycles. The highest BCUT2D eigenvalue weighted by Gasteiger charge is 2.33. The normalized spacial score (nSPS) is 20.7. The Morgan fingerprint density at radius 2 is 1.74 bits per heavy atom. The number of rotatable bonds is 10. The molecule has 0 aliphatic heterocycles. The fourth-order valence-electron chi connectivity index (χ4n) is 3.64. The molecule has 0 saturated heterocycles. The van der Waals surface area contributed by atoms with E-state index in [9.17, 15) is 9.90 Å². The van der Waals surface area contributed by atoms with E-state index in [1.54, 1.807) is 38.5 Å². The fourth-order valence-corrected chi connectivity index (χ4v) is 3.64. The van der Waals surface area contributed by atoms with Crippen LogP contribution < -0.4 is 19.5 Å². The topological polar surface area (TPSA) is 86.3 Å². The standard InChI is InChI=1S/C24H31NO6/c1-28-17-31-20-8-6-19(7-9-20)23(26)25-16-24(27)12-10-18(11-13-24)15-30-22-5-3-4-21(14-22)29-2/h3-9,14,18,27H,10-13,15-17H2,1-2H3,(H,25,26). The minimum atomic E-state index is -0.885. The van der Waals surface area contributed by atoms with Crippen LogP contribution in [0.3, 0.4) is 0 Å². The lowest BCUT2D eigenvalue weighted by Crippen LogP contribution is -2.45. The van der Waals surface area contributed by atoms with Crippen LogP contribution in [0.2, 0.25) is 0 Å². The predicted molar refractivity (Wildman–Crippen MR) is 117 cm³/mol. The minimum Gasteiger partial charge on any atom is -0.497 e. The molecule has 168 valence electrons. The van der Waals surface area contributed by atoms with Crippen LogP contribution in [-0.4, -0.2) is 50.8 Å². The van der Waals surface area contributed by atoms with E-state index < -0.39 is 5.60 Å². The quantitative estimate of drug-likeness (QED) is 0.563. The fraction of sp³-hybridized carbons (Fsp3) is 0.458. The summed E-state index contributed by atoms with van der Waals surface area (Å²) in [5.41, 5.74) is -0.363. The molecule has 2 N–H and O–H groups in total. The maximum Gasteiger partial charge on any atom is 0.251 e. The van der Waals surface area contributed by atoms with E-state index >= 15 is 0 Å². The molecular formula is C24H31NO6. The highest BCUT2D eigenvalue weighted by atomic mass is 16.7. The van der Waals surface area contributed by atoms with Crippen LogP contribution >= 0.6 is 0 Å². The molecule has 3 rings (SSSR count). The largest absolute Gasteiger partial charge is 0.497 e. The number of benzene rings is 2. The summed E-state index contributed by atoms with van der Waals surface area (Å²) in [5.74, 6) is 2.35. The number of methoxy groups -OCH3 is 2. The first kappa shape index (κ1) is 22.9. The molecule has 0 heterocycles. The van der Waals surface area contributed by atoms with E-state index in [1.807, 2.05) is 24.3 Å². The number of hydrogen-bond donors (Lipinski definition) is 2. The van der Waals surface area contributed by atoms with Crippen molar-refractivity contribution >= 4 is 5.91 Å². The molecule has 1 saturated carbocycles. The van der Waals surface area contributed by atoms with Crippen molar-refractivity contribution < 1.29 is 28.8 Å². The second-order valence-electron chi connectivity index (χ2n) is 7.92. The molecule has 31 heavy (non-hydrogen) atoms. The molecule has 1 aliphatic rings. The van der Waals surface area contributed by atoms with E-state index in [2.05, 4.69) is 5.32 Å². The second kappa shape index (κ2) is 11.0. The smallest absolute Gasteiger partial charge is 0.251 e. The molecule has 1 fully saturated rings. The first-order chi connectivity index (χ1) is 15.0. The van der Waals surface area contributed by atoms with Gasteiger partial charge < -0.3 is 29.4 Å². The number of amides is 1. The van der Waals surface area contributed by atoms with Gasteiger partial charge in [0.25, 0.3) is 5.91 Å². The van der Waals surface area contributed by atoms with Gasteiger partial charge in [0.15, 0.2) is 6.79 Å². The summed E-state index contributed by atoms with van der Waals surface area (Å²) < 4.78 is 21.3. The zero-order valence-corrected chi connectivity index (χ0v) is 18.1. The third-order valence-corrected chi connectivity index (χ3v) is 5.60. The molecule has 0 unspecified atom stereocenters. The van der Waals surface area contributed by atoms with Gasteiger partial charge in [0.1, 0.15) is 17.2 Å². The van der Waals surface area contributed by atoms with Gasteiger partial charge in [-0.3, -0.25) is 4.79 Å². The summed E-state index contributed by atoms with van der Waals surface area (Å²) in [6.07, 6.45) is 2.95. The van der Waals surface area contributed by atoms with Crippen LogP contribution in [0.25, 0.3) is 0 Å². The third kappa shape index (κ3) is 6.87. The molecule has 2 aromatic rings. The van der Waals surface area contributed by atoms with Gasteiger partial charge in [0.2, 0.25) is 0 Å². The van der Waals surface area contributed by atoms with Gasteiger partial charge in [0.05, 0.1) is 19.3 Å². The van der Waals surface area contributed by atoms with Crippen molar-refractivity contribution in [1.29, 1.82) is 0 Å². The van der Waals surface area contributed by atoms with Crippen molar-refractivity contribution in [2.75, 3.05) is 34.2 Å². The Labute approximate surface area is 183 Å². The molecule has 7 heteroatoms. The second-order valence-corrected chi connectivity index (χ2v) is 7.92. The van der Waals surface area contributed by atoms with Crippen LogP contribution in [0.5, 0.6) is 17.2 Å². The number of carbonyl (C=O) groups excluding carboxylic acids is 1. The van der Waals surface area contributed by atoms with Gasteiger partial charge in [-0.2, -0.15) is 0 Å². The maximum atomic E-state index is 12.4. The molecule has 0 aromatic heterocycles. The summed E-state index contributed by atoms with van der Waals surface area (Å²) in [5, 5.41) is 13.7. The average molecular weight is 430 g/mol. The summed E-state index contributed by atoms with van der Waals surface area (Å²) in [7, 11) is 3.18. The van der Waals surface area contributed by atoms with Crippen molar-refractivity contribution in [2.45, 2.75) is 31.3 Å². The van der Waals surface area contributed by atoms with Crippen molar-refractivity contribution in [1.82, 2.24) is 5.32 Å². The highest BCUT2D eigenvalue weighted by molar-refractivity contribution is 5.94. The Bertz CT molecular complexity index is 830. The van der Waals surface area contributed by atoms with Crippen molar-refractivity contribution in [3.05, 3.63) is 54.1 Å². The van der Waals surface area contributed by atoms with Crippen LogP contribution in [0.4, 0.5) is 0 Å². The first-order valence-electron chi connectivity index (χ1n) is 10.5. The van der Waals surface area contributed by atoms with Gasteiger partial charge >= 0.3 is 0 Å².